The molecule has 0 bridgehead atoms. The van der Waals surface area contributed by atoms with Gasteiger partial charge in [0.2, 0.25) is 0 Å². The number of amides is 1. The molecule has 1 fully saturated rings. The molecule has 1 heterocycles. The summed E-state index contributed by atoms with van der Waals surface area (Å²) in [4.78, 5) is 25.9. The number of carbonyl (C=O) groups excluding carboxylic acids is 2. The van der Waals surface area contributed by atoms with E-state index >= 15 is 0 Å². The fourth-order valence-corrected chi connectivity index (χ4v) is 2.89. The fraction of sp³-hybridized carbons (Fsp3) is 0.529. The molecule has 1 aliphatic heterocycles. The molecule has 1 aliphatic rings. The van der Waals surface area contributed by atoms with Crippen LogP contribution in [0.1, 0.15) is 26.2 Å². The predicted octanol–water partition coefficient (Wildman–Crippen LogP) is 2.91. The van der Waals surface area contributed by atoms with Crippen molar-refractivity contribution in [3.63, 3.8) is 0 Å². The first-order chi connectivity index (χ1) is 11.1. The van der Waals surface area contributed by atoms with Crippen LogP contribution < -0.4 is 4.74 Å². The second-order valence-corrected chi connectivity index (χ2v) is 5.98. The molecule has 1 amide bonds. The highest BCUT2D eigenvalue weighted by molar-refractivity contribution is 6.32. The Kier molecular flexibility index (Phi) is 6.28. The first-order valence-corrected chi connectivity index (χ1v) is 8.22. The zero-order chi connectivity index (χ0) is 16.8. The van der Waals surface area contributed by atoms with E-state index in [1.165, 1.54) is 7.11 Å². The fourth-order valence-electron chi connectivity index (χ4n) is 2.71. The van der Waals surface area contributed by atoms with E-state index in [4.69, 9.17) is 21.1 Å². The lowest BCUT2D eigenvalue weighted by Crippen LogP contribution is -2.46. The third kappa shape index (κ3) is 4.38. The van der Waals surface area contributed by atoms with E-state index in [0.29, 0.717) is 43.1 Å². The number of rotatable bonds is 5. The monoisotopic (exact) mass is 339 g/mol. The molecule has 0 saturated carbocycles. The molecular weight excluding hydrogens is 318 g/mol. The molecule has 0 radical (unpaired) electrons. The first-order valence-electron chi connectivity index (χ1n) is 7.84. The van der Waals surface area contributed by atoms with Gasteiger partial charge in [-0.2, -0.15) is 0 Å². The maximum atomic E-state index is 12.6. The van der Waals surface area contributed by atoms with E-state index in [-0.39, 0.29) is 17.8 Å². The van der Waals surface area contributed by atoms with Gasteiger partial charge in [-0.15, -0.1) is 0 Å². The summed E-state index contributed by atoms with van der Waals surface area (Å²) in [5, 5.41) is 0.489. The molecule has 0 aromatic heterocycles. The van der Waals surface area contributed by atoms with Gasteiger partial charge >= 0.3 is 5.97 Å². The SMILES string of the molecule is CC[C@H](Oc1ccccc1Cl)C(=O)N1CCC(C(=O)OC)CC1. The summed E-state index contributed by atoms with van der Waals surface area (Å²) in [5.74, 6) is 0.139. The lowest BCUT2D eigenvalue weighted by atomic mass is 9.96. The number of hydrogen-bond acceptors (Lipinski definition) is 4. The highest BCUT2D eigenvalue weighted by Gasteiger charge is 2.31. The standard InChI is InChI=1S/C17H22ClNO4/c1-3-14(23-15-7-5-4-6-13(15)18)16(20)19-10-8-12(9-11-19)17(21)22-2/h4-7,12,14H,3,8-11H2,1-2H3/t14-/m0/s1. The van der Waals surface area contributed by atoms with Crippen LogP contribution in [-0.4, -0.2) is 43.1 Å². The van der Waals surface area contributed by atoms with Crippen molar-refractivity contribution >= 4 is 23.5 Å². The molecule has 1 aromatic carbocycles. The molecule has 126 valence electrons. The Labute approximate surface area is 141 Å². The average Bonchev–Trinajstić information content (AvgIpc) is 2.60. The van der Waals surface area contributed by atoms with E-state index in [2.05, 4.69) is 0 Å². The summed E-state index contributed by atoms with van der Waals surface area (Å²) in [6.07, 6.45) is 1.24. The second kappa shape index (κ2) is 8.20. The van der Waals surface area contributed by atoms with Crippen LogP contribution in [0.2, 0.25) is 5.02 Å². The van der Waals surface area contributed by atoms with Crippen LogP contribution in [0.15, 0.2) is 24.3 Å². The summed E-state index contributed by atoms with van der Waals surface area (Å²) in [6, 6.07) is 7.12. The molecule has 23 heavy (non-hydrogen) atoms. The zero-order valence-corrected chi connectivity index (χ0v) is 14.2. The van der Waals surface area contributed by atoms with E-state index in [1.54, 1.807) is 17.0 Å². The van der Waals surface area contributed by atoms with Crippen molar-refractivity contribution in [1.29, 1.82) is 0 Å². The Morgan fingerprint density at radius 2 is 1.96 bits per heavy atom. The largest absolute Gasteiger partial charge is 0.479 e. The molecule has 6 heteroatoms. The number of hydrogen-bond donors (Lipinski definition) is 0. The van der Waals surface area contributed by atoms with Crippen LogP contribution >= 0.6 is 11.6 Å². The van der Waals surface area contributed by atoms with Crippen molar-refractivity contribution in [3.8, 4) is 5.75 Å². The number of benzene rings is 1. The average molecular weight is 340 g/mol. The number of halogens is 1. The summed E-state index contributed by atoms with van der Waals surface area (Å²) >= 11 is 6.08. The summed E-state index contributed by atoms with van der Waals surface area (Å²) in [5.41, 5.74) is 0. The number of para-hydroxylation sites is 1. The van der Waals surface area contributed by atoms with E-state index < -0.39 is 6.10 Å². The van der Waals surface area contributed by atoms with Gasteiger partial charge in [-0.3, -0.25) is 9.59 Å². The minimum absolute atomic E-state index is 0.0595. The summed E-state index contributed by atoms with van der Waals surface area (Å²) in [7, 11) is 1.39. The van der Waals surface area contributed by atoms with Crippen molar-refractivity contribution < 1.29 is 19.1 Å². The van der Waals surface area contributed by atoms with Gasteiger partial charge in [-0.1, -0.05) is 30.7 Å². The molecule has 2 rings (SSSR count). The second-order valence-electron chi connectivity index (χ2n) is 5.57. The van der Waals surface area contributed by atoms with Gasteiger partial charge in [0.25, 0.3) is 5.91 Å². The van der Waals surface area contributed by atoms with Crippen molar-refractivity contribution in [2.45, 2.75) is 32.3 Å². The molecule has 1 aromatic rings. The molecule has 0 N–H and O–H groups in total. The van der Waals surface area contributed by atoms with Crippen LogP contribution in [0.3, 0.4) is 0 Å². The van der Waals surface area contributed by atoms with Gasteiger partial charge in [0.05, 0.1) is 18.1 Å². The Balaban J connectivity index is 1.96. The summed E-state index contributed by atoms with van der Waals surface area (Å²) in [6.45, 7) is 2.99. The van der Waals surface area contributed by atoms with Crippen molar-refractivity contribution in [2.24, 2.45) is 5.92 Å². The van der Waals surface area contributed by atoms with Gasteiger partial charge in [-0.05, 0) is 31.4 Å². The van der Waals surface area contributed by atoms with Crippen LogP contribution in [-0.2, 0) is 14.3 Å². The number of likely N-dealkylation sites (tertiary alicyclic amines) is 1. The number of ether oxygens (including phenoxy) is 2. The first kappa shape index (κ1) is 17.6. The molecular formula is C17H22ClNO4. The quantitative estimate of drug-likeness (QED) is 0.774. The number of nitrogens with zero attached hydrogens (tertiary/aromatic N) is 1. The van der Waals surface area contributed by atoms with Crippen LogP contribution in [0, 0.1) is 5.92 Å². The highest BCUT2D eigenvalue weighted by Crippen LogP contribution is 2.26. The van der Waals surface area contributed by atoms with Gasteiger partial charge in [0.15, 0.2) is 6.10 Å². The minimum atomic E-state index is -0.565. The van der Waals surface area contributed by atoms with E-state index in [0.717, 1.165) is 0 Å². The predicted molar refractivity (Wildman–Crippen MR) is 87.5 cm³/mol. The molecule has 0 spiro atoms. The Hall–Kier alpha value is -1.75. The Morgan fingerprint density at radius 1 is 1.30 bits per heavy atom. The number of methoxy groups -OCH3 is 1. The van der Waals surface area contributed by atoms with Crippen molar-refractivity contribution in [1.82, 2.24) is 4.90 Å². The van der Waals surface area contributed by atoms with Crippen molar-refractivity contribution in [2.75, 3.05) is 20.2 Å². The van der Waals surface area contributed by atoms with Crippen LogP contribution in [0.4, 0.5) is 0 Å². The van der Waals surface area contributed by atoms with Crippen molar-refractivity contribution in [3.05, 3.63) is 29.3 Å². The Morgan fingerprint density at radius 3 is 2.52 bits per heavy atom. The highest BCUT2D eigenvalue weighted by atomic mass is 35.5. The zero-order valence-electron chi connectivity index (χ0n) is 13.5. The third-order valence-electron chi connectivity index (χ3n) is 4.09. The lowest BCUT2D eigenvalue weighted by Gasteiger charge is -2.33. The molecule has 0 unspecified atom stereocenters. The van der Waals surface area contributed by atoms with Gasteiger partial charge < -0.3 is 14.4 Å². The van der Waals surface area contributed by atoms with Crippen LogP contribution in [0.25, 0.3) is 0 Å². The maximum Gasteiger partial charge on any atom is 0.308 e. The van der Waals surface area contributed by atoms with Gasteiger partial charge in [0, 0.05) is 13.1 Å². The number of carbonyl (C=O) groups is 2. The molecule has 1 saturated heterocycles. The lowest BCUT2D eigenvalue weighted by molar-refractivity contribution is -0.150. The molecule has 0 aliphatic carbocycles. The van der Waals surface area contributed by atoms with E-state index in [9.17, 15) is 9.59 Å². The van der Waals surface area contributed by atoms with Gasteiger partial charge in [-0.25, -0.2) is 0 Å². The Bertz CT molecular complexity index is 555. The molecule has 1 atom stereocenters. The van der Waals surface area contributed by atoms with Gasteiger partial charge in [0.1, 0.15) is 5.75 Å². The smallest absolute Gasteiger partial charge is 0.308 e. The normalized spacial score (nSPS) is 16.7. The van der Waals surface area contributed by atoms with E-state index in [1.807, 2.05) is 19.1 Å². The minimum Gasteiger partial charge on any atom is -0.479 e. The van der Waals surface area contributed by atoms with Crippen LogP contribution in [0.5, 0.6) is 5.75 Å². The third-order valence-corrected chi connectivity index (χ3v) is 4.41. The summed E-state index contributed by atoms with van der Waals surface area (Å²) < 4.78 is 10.6. The topological polar surface area (TPSA) is 55.8 Å². The maximum absolute atomic E-state index is 12.6. The number of esters is 1. The molecule has 5 nitrogen and oxygen atoms in total. The number of piperidine rings is 1.